The summed E-state index contributed by atoms with van der Waals surface area (Å²) >= 11 is 0. The molecule has 0 unspecified atom stereocenters. The quantitative estimate of drug-likeness (QED) is 0.891. The van der Waals surface area contributed by atoms with E-state index in [0.717, 1.165) is 33.4 Å². The fourth-order valence-corrected chi connectivity index (χ4v) is 2.85. The molecule has 0 bridgehead atoms. The lowest BCUT2D eigenvalue weighted by Gasteiger charge is -2.19. The highest BCUT2D eigenvalue weighted by Gasteiger charge is 2.17. The SMILES string of the molecule is COc1cc(C)c(-c2c(C)cc(OC)cc2CO)c(CO)c1. The van der Waals surface area contributed by atoms with Crippen LogP contribution in [0.2, 0.25) is 0 Å². The molecule has 0 spiro atoms. The molecule has 2 aromatic rings. The Labute approximate surface area is 130 Å². The van der Waals surface area contributed by atoms with Gasteiger partial charge in [-0.2, -0.15) is 0 Å². The summed E-state index contributed by atoms with van der Waals surface area (Å²) in [5.74, 6) is 1.42. The van der Waals surface area contributed by atoms with E-state index in [4.69, 9.17) is 9.47 Å². The van der Waals surface area contributed by atoms with Crippen molar-refractivity contribution in [2.75, 3.05) is 14.2 Å². The molecule has 0 heterocycles. The maximum Gasteiger partial charge on any atom is 0.119 e. The molecule has 0 aromatic heterocycles. The van der Waals surface area contributed by atoms with Crippen molar-refractivity contribution < 1.29 is 19.7 Å². The van der Waals surface area contributed by atoms with Gasteiger partial charge in [0.15, 0.2) is 0 Å². The number of methoxy groups -OCH3 is 2. The molecule has 0 atom stereocenters. The molecule has 0 saturated carbocycles. The Morgan fingerprint density at radius 3 is 1.36 bits per heavy atom. The zero-order valence-electron chi connectivity index (χ0n) is 13.4. The Morgan fingerprint density at radius 1 is 0.727 bits per heavy atom. The normalized spacial score (nSPS) is 10.6. The number of aliphatic hydroxyl groups is 2. The molecule has 2 aromatic carbocycles. The van der Waals surface area contributed by atoms with E-state index in [2.05, 4.69) is 0 Å². The van der Waals surface area contributed by atoms with Crippen LogP contribution in [0.1, 0.15) is 22.3 Å². The van der Waals surface area contributed by atoms with Crippen molar-refractivity contribution in [3.63, 3.8) is 0 Å². The molecule has 0 aliphatic carbocycles. The lowest BCUT2D eigenvalue weighted by Crippen LogP contribution is -2.01. The molecule has 0 saturated heterocycles. The number of hydrogen-bond acceptors (Lipinski definition) is 4. The van der Waals surface area contributed by atoms with Crippen LogP contribution in [-0.2, 0) is 13.2 Å². The van der Waals surface area contributed by atoms with Crippen LogP contribution >= 0.6 is 0 Å². The Morgan fingerprint density at radius 2 is 1.09 bits per heavy atom. The van der Waals surface area contributed by atoms with E-state index in [1.807, 2.05) is 38.1 Å². The number of benzene rings is 2. The van der Waals surface area contributed by atoms with Gasteiger partial charge >= 0.3 is 0 Å². The minimum atomic E-state index is -0.0935. The molecule has 0 radical (unpaired) electrons. The maximum absolute atomic E-state index is 9.74. The van der Waals surface area contributed by atoms with Crippen molar-refractivity contribution in [2.24, 2.45) is 0 Å². The van der Waals surface area contributed by atoms with E-state index in [9.17, 15) is 10.2 Å². The number of aliphatic hydroxyl groups excluding tert-OH is 2. The topological polar surface area (TPSA) is 58.9 Å². The lowest BCUT2D eigenvalue weighted by atomic mass is 9.88. The lowest BCUT2D eigenvalue weighted by molar-refractivity contribution is 0.279. The molecule has 2 rings (SSSR count). The summed E-state index contributed by atoms with van der Waals surface area (Å²) in [5, 5.41) is 19.5. The summed E-state index contributed by atoms with van der Waals surface area (Å²) in [7, 11) is 3.21. The average Bonchev–Trinajstić information content (AvgIpc) is 2.53. The smallest absolute Gasteiger partial charge is 0.119 e. The second kappa shape index (κ2) is 6.81. The maximum atomic E-state index is 9.74. The highest BCUT2D eigenvalue weighted by molar-refractivity contribution is 5.78. The summed E-state index contributed by atoms with van der Waals surface area (Å²) < 4.78 is 10.5. The first kappa shape index (κ1) is 16.3. The van der Waals surface area contributed by atoms with E-state index in [1.165, 1.54) is 0 Å². The first-order chi connectivity index (χ1) is 10.5. The van der Waals surface area contributed by atoms with Crippen LogP contribution in [0.25, 0.3) is 11.1 Å². The minimum Gasteiger partial charge on any atom is -0.497 e. The van der Waals surface area contributed by atoms with Crippen molar-refractivity contribution >= 4 is 0 Å². The predicted molar refractivity (Wildman–Crippen MR) is 86.3 cm³/mol. The Bertz CT molecular complexity index is 618. The van der Waals surface area contributed by atoms with Crippen LogP contribution in [-0.4, -0.2) is 24.4 Å². The third kappa shape index (κ3) is 2.93. The predicted octanol–water partition coefficient (Wildman–Crippen LogP) is 2.97. The van der Waals surface area contributed by atoms with Gasteiger partial charge in [-0.05, 0) is 71.5 Å². The van der Waals surface area contributed by atoms with Crippen LogP contribution in [0.4, 0.5) is 0 Å². The van der Waals surface area contributed by atoms with Crippen LogP contribution in [0.5, 0.6) is 11.5 Å². The molecule has 22 heavy (non-hydrogen) atoms. The number of aryl methyl sites for hydroxylation is 2. The second-order valence-corrected chi connectivity index (χ2v) is 5.27. The van der Waals surface area contributed by atoms with Gasteiger partial charge in [-0.1, -0.05) is 0 Å². The van der Waals surface area contributed by atoms with E-state index >= 15 is 0 Å². The summed E-state index contributed by atoms with van der Waals surface area (Å²) in [6.45, 7) is 3.76. The molecule has 4 nitrogen and oxygen atoms in total. The Balaban J connectivity index is 2.76. The highest BCUT2D eigenvalue weighted by Crippen LogP contribution is 2.37. The molecule has 0 aliphatic heterocycles. The van der Waals surface area contributed by atoms with E-state index in [1.54, 1.807) is 14.2 Å². The van der Waals surface area contributed by atoms with Gasteiger partial charge in [0, 0.05) is 0 Å². The van der Waals surface area contributed by atoms with Gasteiger partial charge < -0.3 is 19.7 Å². The van der Waals surface area contributed by atoms with E-state index in [0.29, 0.717) is 11.5 Å². The van der Waals surface area contributed by atoms with Gasteiger partial charge in [0.1, 0.15) is 11.5 Å². The summed E-state index contributed by atoms with van der Waals surface area (Å²) in [5.41, 5.74) is 5.41. The van der Waals surface area contributed by atoms with Crippen LogP contribution < -0.4 is 9.47 Å². The Hall–Kier alpha value is -2.04. The number of ether oxygens (including phenoxy) is 2. The summed E-state index contributed by atoms with van der Waals surface area (Å²) in [6, 6.07) is 7.51. The summed E-state index contributed by atoms with van der Waals surface area (Å²) in [4.78, 5) is 0. The average molecular weight is 302 g/mol. The van der Waals surface area contributed by atoms with E-state index in [-0.39, 0.29) is 13.2 Å². The van der Waals surface area contributed by atoms with E-state index < -0.39 is 0 Å². The molecular weight excluding hydrogens is 280 g/mol. The molecule has 0 fully saturated rings. The third-order valence-corrected chi connectivity index (χ3v) is 3.84. The molecule has 2 N–H and O–H groups in total. The van der Waals surface area contributed by atoms with Crippen molar-refractivity contribution in [3.05, 3.63) is 46.5 Å². The zero-order valence-corrected chi connectivity index (χ0v) is 13.4. The standard InChI is InChI=1S/C18H22O4/c1-11-5-15(21-3)7-13(9-19)17(11)18-12(2)6-16(22-4)8-14(18)10-20/h5-8,19-20H,9-10H2,1-4H3. The van der Waals surface area contributed by atoms with Gasteiger partial charge in [-0.25, -0.2) is 0 Å². The monoisotopic (exact) mass is 302 g/mol. The fourth-order valence-electron chi connectivity index (χ4n) is 2.85. The fraction of sp³-hybridized carbons (Fsp3) is 0.333. The first-order valence-electron chi connectivity index (χ1n) is 7.12. The number of hydrogen-bond donors (Lipinski definition) is 2. The molecule has 118 valence electrons. The first-order valence-corrected chi connectivity index (χ1v) is 7.12. The van der Waals surface area contributed by atoms with Crippen molar-refractivity contribution in [3.8, 4) is 22.6 Å². The van der Waals surface area contributed by atoms with Crippen molar-refractivity contribution in [1.29, 1.82) is 0 Å². The molecule has 4 heteroatoms. The second-order valence-electron chi connectivity index (χ2n) is 5.27. The Kier molecular flexibility index (Phi) is 5.06. The molecular formula is C18H22O4. The van der Waals surface area contributed by atoms with Gasteiger partial charge in [0.2, 0.25) is 0 Å². The minimum absolute atomic E-state index is 0.0935. The largest absolute Gasteiger partial charge is 0.497 e. The third-order valence-electron chi connectivity index (χ3n) is 3.84. The van der Waals surface area contributed by atoms with Crippen LogP contribution in [0.3, 0.4) is 0 Å². The zero-order chi connectivity index (χ0) is 16.3. The van der Waals surface area contributed by atoms with Gasteiger partial charge in [0.05, 0.1) is 27.4 Å². The van der Waals surface area contributed by atoms with Crippen LogP contribution in [0.15, 0.2) is 24.3 Å². The highest BCUT2D eigenvalue weighted by atomic mass is 16.5. The molecule has 0 aliphatic rings. The molecule has 0 amide bonds. The van der Waals surface area contributed by atoms with Crippen LogP contribution in [0, 0.1) is 13.8 Å². The van der Waals surface area contributed by atoms with Crippen molar-refractivity contribution in [2.45, 2.75) is 27.1 Å². The van der Waals surface area contributed by atoms with Crippen molar-refractivity contribution in [1.82, 2.24) is 0 Å². The van der Waals surface area contributed by atoms with Gasteiger partial charge in [-0.15, -0.1) is 0 Å². The number of rotatable bonds is 5. The summed E-state index contributed by atoms with van der Waals surface area (Å²) in [6.07, 6.45) is 0. The van der Waals surface area contributed by atoms with Gasteiger partial charge in [0.25, 0.3) is 0 Å². The van der Waals surface area contributed by atoms with Gasteiger partial charge in [-0.3, -0.25) is 0 Å².